The van der Waals surface area contributed by atoms with E-state index in [1.165, 1.54) is 19.3 Å². The van der Waals surface area contributed by atoms with Crippen LogP contribution < -0.4 is 0 Å². The normalized spacial score (nSPS) is 14.5. The summed E-state index contributed by atoms with van der Waals surface area (Å²) in [6, 6.07) is 15.2. The highest BCUT2D eigenvalue weighted by Gasteiger charge is 2.23. The quantitative estimate of drug-likeness (QED) is 0.525. The number of benzene rings is 2. The molecule has 0 atom stereocenters. The molecule has 4 rings (SSSR count). The summed E-state index contributed by atoms with van der Waals surface area (Å²) in [5.41, 5.74) is 2.90. The molecular weight excluding hydrogens is 390 g/mol. The molecule has 1 aromatic heterocycles. The van der Waals surface area contributed by atoms with Crippen molar-refractivity contribution in [3.8, 4) is 11.1 Å². The Morgan fingerprint density at radius 3 is 2.42 bits per heavy atom. The average molecular weight is 418 g/mol. The van der Waals surface area contributed by atoms with E-state index >= 15 is 0 Å². The molecule has 6 nitrogen and oxygen atoms in total. The van der Waals surface area contributed by atoms with E-state index in [1.54, 1.807) is 12.1 Å². The monoisotopic (exact) mass is 417 g/mol. The number of aromatic carboxylic acids is 1. The maximum atomic E-state index is 12.2. The van der Waals surface area contributed by atoms with Crippen LogP contribution in [0.2, 0.25) is 0 Å². The maximum absolute atomic E-state index is 12.2. The lowest BCUT2D eigenvalue weighted by molar-refractivity contribution is 0.0697. The van der Waals surface area contributed by atoms with E-state index in [-0.39, 0.29) is 11.3 Å². The molecule has 0 saturated heterocycles. The van der Waals surface area contributed by atoms with Crippen molar-refractivity contribution in [3.63, 3.8) is 0 Å². The van der Waals surface area contributed by atoms with E-state index in [9.17, 15) is 14.7 Å². The van der Waals surface area contributed by atoms with E-state index in [2.05, 4.69) is 10.1 Å². The molecule has 31 heavy (non-hydrogen) atoms. The minimum absolute atomic E-state index is 0.0311. The van der Waals surface area contributed by atoms with Crippen LogP contribution in [0.15, 0.2) is 48.5 Å². The summed E-state index contributed by atoms with van der Waals surface area (Å²) in [5.74, 6) is 0.169. The molecule has 160 valence electrons. The Bertz CT molecular complexity index is 1080. The molecule has 1 fully saturated rings. The number of carboxylic acids is 1. The van der Waals surface area contributed by atoms with E-state index in [1.807, 2.05) is 48.0 Å². The largest absolute Gasteiger partial charge is 0.478 e. The molecule has 1 saturated carbocycles. The molecular formula is C25H27N3O3. The number of aromatic nitrogens is 3. The highest BCUT2D eigenvalue weighted by atomic mass is 16.4. The second kappa shape index (κ2) is 9.25. The van der Waals surface area contributed by atoms with Gasteiger partial charge in [-0.1, -0.05) is 68.7 Å². The number of rotatable bonds is 7. The van der Waals surface area contributed by atoms with Crippen LogP contribution in [0.3, 0.4) is 0 Å². The van der Waals surface area contributed by atoms with Crippen LogP contribution in [0.4, 0.5) is 0 Å². The predicted octanol–water partition coefficient (Wildman–Crippen LogP) is 5.33. The summed E-state index contributed by atoms with van der Waals surface area (Å²) in [6.45, 7) is 1.83. The average Bonchev–Trinajstić information content (AvgIpc) is 3.23. The minimum atomic E-state index is -0.937. The Kier molecular flexibility index (Phi) is 6.26. The van der Waals surface area contributed by atoms with Crippen LogP contribution in [-0.2, 0) is 6.42 Å². The standard InChI is InChI=1S/C25H27N3O3/c1-2-22(29)24-26-23(28(27-24)19-8-4-3-5-9-19)16-17-12-14-18(15-13-17)20-10-6-7-11-21(20)25(30)31/h6-7,10-15,19H,2-5,8-9,16H2,1H3,(H,30,31). The fourth-order valence-electron chi connectivity index (χ4n) is 4.28. The van der Waals surface area contributed by atoms with E-state index < -0.39 is 5.97 Å². The Labute approximate surface area is 181 Å². The van der Waals surface area contributed by atoms with Crippen molar-refractivity contribution in [2.45, 2.75) is 57.9 Å². The number of carbonyl (C=O) groups is 2. The summed E-state index contributed by atoms with van der Waals surface area (Å²) in [7, 11) is 0. The molecule has 0 bridgehead atoms. The molecule has 0 spiro atoms. The first-order valence-electron chi connectivity index (χ1n) is 11.0. The zero-order chi connectivity index (χ0) is 21.8. The van der Waals surface area contributed by atoms with Crippen molar-refractivity contribution in [3.05, 3.63) is 71.3 Å². The van der Waals surface area contributed by atoms with Gasteiger partial charge in [-0.3, -0.25) is 4.79 Å². The van der Waals surface area contributed by atoms with Gasteiger partial charge >= 0.3 is 5.97 Å². The number of hydrogen-bond donors (Lipinski definition) is 1. The van der Waals surface area contributed by atoms with Gasteiger partial charge in [-0.25, -0.2) is 14.5 Å². The van der Waals surface area contributed by atoms with Gasteiger partial charge in [0.25, 0.3) is 0 Å². The Morgan fingerprint density at radius 1 is 1.03 bits per heavy atom. The summed E-state index contributed by atoms with van der Waals surface area (Å²) in [5, 5.41) is 14.0. The Morgan fingerprint density at radius 2 is 1.74 bits per heavy atom. The Balaban J connectivity index is 1.61. The third kappa shape index (κ3) is 4.58. The lowest BCUT2D eigenvalue weighted by Crippen LogP contribution is -2.17. The van der Waals surface area contributed by atoms with E-state index in [4.69, 9.17) is 0 Å². The molecule has 0 radical (unpaired) electrons. The summed E-state index contributed by atoms with van der Waals surface area (Å²) < 4.78 is 1.98. The second-order valence-electron chi connectivity index (χ2n) is 8.09. The SMILES string of the molecule is CCC(=O)c1nc(Cc2ccc(-c3ccccc3C(=O)O)cc2)n(C2CCCCC2)n1. The van der Waals surface area contributed by atoms with Gasteiger partial charge < -0.3 is 5.11 Å². The molecule has 1 N–H and O–H groups in total. The third-order valence-corrected chi connectivity index (χ3v) is 5.98. The molecule has 0 aliphatic heterocycles. The van der Waals surface area contributed by atoms with Gasteiger partial charge in [0.1, 0.15) is 5.82 Å². The molecule has 0 unspecified atom stereocenters. The molecule has 2 aromatic carbocycles. The van der Waals surface area contributed by atoms with Crippen molar-refractivity contribution < 1.29 is 14.7 Å². The highest BCUT2D eigenvalue weighted by molar-refractivity contribution is 5.96. The molecule has 1 aliphatic rings. The lowest BCUT2D eigenvalue weighted by atomic mass is 9.95. The number of carboxylic acid groups (broad SMARTS) is 1. The van der Waals surface area contributed by atoms with Crippen LogP contribution in [0, 0.1) is 0 Å². The second-order valence-corrected chi connectivity index (χ2v) is 8.09. The van der Waals surface area contributed by atoms with Crippen LogP contribution in [-0.4, -0.2) is 31.6 Å². The molecule has 3 aromatic rings. The van der Waals surface area contributed by atoms with Gasteiger partial charge in [-0.05, 0) is 35.6 Å². The maximum Gasteiger partial charge on any atom is 0.336 e. The zero-order valence-corrected chi connectivity index (χ0v) is 17.8. The van der Waals surface area contributed by atoms with Crippen molar-refractivity contribution in [1.29, 1.82) is 0 Å². The molecule has 1 aliphatic carbocycles. The van der Waals surface area contributed by atoms with Gasteiger partial charge in [0.15, 0.2) is 0 Å². The van der Waals surface area contributed by atoms with E-state index in [0.717, 1.165) is 29.8 Å². The van der Waals surface area contributed by atoms with Gasteiger partial charge in [0.2, 0.25) is 11.6 Å². The summed E-state index contributed by atoms with van der Waals surface area (Å²) >= 11 is 0. The predicted molar refractivity (Wildman–Crippen MR) is 118 cm³/mol. The molecule has 0 amide bonds. The van der Waals surface area contributed by atoms with Crippen molar-refractivity contribution in [1.82, 2.24) is 14.8 Å². The smallest absolute Gasteiger partial charge is 0.336 e. The van der Waals surface area contributed by atoms with Crippen molar-refractivity contribution >= 4 is 11.8 Å². The van der Waals surface area contributed by atoms with Crippen molar-refractivity contribution in [2.75, 3.05) is 0 Å². The first kappa shape index (κ1) is 21.0. The minimum Gasteiger partial charge on any atom is -0.478 e. The lowest BCUT2D eigenvalue weighted by Gasteiger charge is -2.23. The zero-order valence-electron chi connectivity index (χ0n) is 17.8. The highest BCUT2D eigenvalue weighted by Crippen LogP contribution is 2.30. The van der Waals surface area contributed by atoms with Crippen LogP contribution >= 0.6 is 0 Å². The molecule has 1 heterocycles. The number of hydrogen-bond acceptors (Lipinski definition) is 4. The van der Waals surface area contributed by atoms with Crippen LogP contribution in [0.5, 0.6) is 0 Å². The number of Topliss-reactive ketones (excluding diaryl/α,β-unsaturated/α-hetero) is 1. The first-order valence-corrected chi connectivity index (χ1v) is 11.0. The number of carbonyl (C=O) groups excluding carboxylic acids is 1. The summed E-state index contributed by atoms with van der Waals surface area (Å²) in [4.78, 5) is 28.3. The Hall–Kier alpha value is -3.28. The third-order valence-electron chi connectivity index (χ3n) is 5.98. The summed E-state index contributed by atoms with van der Waals surface area (Å²) in [6.07, 6.45) is 6.73. The van der Waals surface area contributed by atoms with Gasteiger partial charge in [0.05, 0.1) is 11.6 Å². The number of ketones is 1. The van der Waals surface area contributed by atoms with Gasteiger partial charge in [0, 0.05) is 12.8 Å². The van der Waals surface area contributed by atoms with Crippen molar-refractivity contribution in [2.24, 2.45) is 0 Å². The molecule has 6 heteroatoms. The number of nitrogens with zero attached hydrogens (tertiary/aromatic N) is 3. The van der Waals surface area contributed by atoms with Gasteiger partial charge in [-0.2, -0.15) is 0 Å². The fourth-order valence-corrected chi connectivity index (χ4v) is 4.28. The van der Waals surface area contributed by atoms with Crippen LogP contribution in [0.25, 0.3) is 11.1 Å². The van der Waals surface area contributed by atoms with Gasteiger partial charge in [-0.15, -0.1) is 5.10 Å². The van der Waals surface area contributed by atoms with E-state index in [0.29, 0.717) is 30.3 Å². The fraction of sp³-hybridized carbons (Fsp3) is 0.360. The topological polar surface area (TPSA) is 85.1 Å². The first-order chi connectivity index (χ1) is 15.1. The van der Waals surface area contributed by atoms with Crippen LogP contribution in [0.1, 0.15) is 83.9 Å².